The van der Waals surface area contributed by atoms with E-state index in [0.717, 1.165) is 18.5 Å². The molecule has 128 valence electrons. The number of anilines is 1. The third-order valence-electron chi connectivity index (χ3n) is 3.58. The van der Waals surface area contributed by atoms with Crippen molar-refractivity contribution in [2.45, 2.75) is 19.8 Å². The second-order valence-corrected chi connectivity index (χ2v) is 5.74. The zero-order valence-electron chi connectivity index (χ0n) is 14.0. The second-order valence-electron chi connectivity index (χ2n) is 5.33. The highest BCUT2D eigenvalue weighted by Crippen LogP contribution is 2.24. The van der Waals surface area contributed by atoms with Crippen LogP contribution in [0.3, 0.4) is 0 Å². The van der Waals surface area contributed by atoms with Crippen LogP contribution in [0.2, 0.25) is 5.02 Å². The van der Waals surface area contributed by atoms with Crippen molar-refractivity contribution in [3.05, 3.63) is 59.1 Å². The van der Waals surface area contributed by atoms with Crippen molar-refractivity contribution in [2.24, 2.45) is 0 Å². The van der Waals surface area contributed by atoms with Gasteiger partial charge in [0.15, 0.2) is 6.79 Å². The Morgan fingerprint density at radius 1 is 1.12 bits per heavy atom. The van der Waals surface area contributed by atoms with E-state index < -0.39 is 0 Å². The average molecular weight is 348 g/mol. The first kappa shape index (κ1) is 18.3. The summed E-state index contributed by atoms with van der Waals surface area (Å²) in [5, 5.41) is 0.462. The Morgan fingerprint density at radius 3 is 2.46 bits per heavy atom. The average Bonchev–Trinajstić information content (AvgIpc) is 2.61. The molecule has 1 amide bonds. The number of unbranched alkanes of at least 4 members (excludes halogenated alkanes) is 1. The summed E-state index contributed by atoms with van der Waals surface area (Å²) >= 11 is 6.19. The number of amides is 1. The first-order chi connectivity index (χ1) is 11.7. The molecular weight excluding hydrogens is 326 g/mol. The van der Waals surface area contributed by atoms with Crippen molar-refractivity contribution >= 4 is 23.2 Å². The number of benzene rings is 2. The van der Waals surface area contributed by atoms with Gasteiger partial charge in [-0.15, -0.1) is 0 Å². The molecule has 24 heavy (non-hydrogen) atoms. The molecule has 0 radical (unpaired) electrons. The Labute approximate surface area is 147 Å². The van der Waals surface area contributed by atoms with Crippen LogP contribution >= 0.6 is 11.6 Å². The molecule has 0 atom stereocenters. The lowest BCUT2D eigenvalue weighted by Crippen LogP contribution is -2.32. The van der Waals surface area contributed by atoms with Crippen LogP contribution in [0.25, 0.3) is 0 Å². The number of rotatable bonds is 8. The smallest absolute Gasteiger partial charge is 0.259 e. The molecule has 4 nitrogen and oxygen atoms in total. The Bertz CT molecular complexity index is 658. The van der Waals surface area contributed by atoms with Crippen LogP contribution < -0.4 is 9.64 Å². The van der Waals surface area contributed by atoms with Gasteiger partial charge in [0.1, 0.15) is 5.75 Å². The maximum Gasteiger partial charge on any atom is 0.259 e. The van der Waals surface area contributed by atoms with E-state index in [4.69, 9.17) is 21.1 Å². The quantitative estimate of drug-likeness (QED) is 0.646. The first-order valence-electron chi connectivity index (χ1n) is 7.95. The summed E-state index contributed by atoms with van der Waals surface area (Å²) in [4.78, 5) is 14.7. The molecule has 0 unspecified atom stereocenters. The van der Waals surface area contributed by atoms with E-state index in [2.05, 4.69) is 6.92 Å². The lowest BCUT2D eigenvalue weighted by molar-refractivity contribution is 0.0511. The number of carbonyl (C=O) groups excluding carboxylic acids is 1. The fourth-order valence-corrected chi connectivity index (χ4v) is 2.51. The molecular formula is C19H22ClNO3. The lowest BCUT2D eigenvalue weighted by atomic mass is 10.1. The Kier molecular flexibility index (Phi) is 7.09. The van der Waals surface area contributed by atoms with Gasteiger partial charge in [-0.3, -0.25) is 4.79 Å². The molecule has 5 heteroatoms. The molecule has 0 N–H and O–H groups in total. The van der Waals surface area contributed by atoms with Crippen molar-refractivity contribution in [2.75, 3.05) is 25.3 Å². The van der Waals surface area contributed by atoms with Gasteiger partial charge in [0.2, 0.25) is 0 Å². The molecule has 2 aromatic carbocycles. The normalized spacial score (nSPS) is 10.5. The topological polar surface area (TPSA) is 38.8 Å². The van der Waals surface area contributed by atoms with Crippen molar-refractivity contribution < 1.29 is 14.3 Å². The summed E-state index contributed by atoms with van der Waals surface area (Å²) < 4.78 is 10.3. The molecule has 2 aromatic rings. The summed E-state index contributed by atoms with van der Waals surface area (Å²) in [6.45, 7) is 2.93. The highest BCUT2D eigenvalue weighted by Gasteiger charge is 2.19. The van der Waals surface area contributed by atoms with Crippen LogP contribution in [0, 0.1) is 0 Å². The minimum atomic E-state index is -0.0976. The molecule has 0 saturated carbocycles. The third-order valence-corrected chi connectivity index (χ3v) is 3.91. The number of carbonyl (C=O) groups is 1. The molecule has 0 aliphatic carbocycles. The van der Waals surface area contributed by atoms with Gasteiger partial charge in [0.05, 0.1) is 10.6 Å². The first-order valence-corrected chi connectivity index (χ1v) is 8.33. The number of methoxy groups -OCH3 is 1. The monoisotopic (exact) mass is 347 g/mol. The van der Waals surface area contributed by atoms with Crippen molar-refractivity contribution in [1.82, 2.24) is 0 Å². The molecule has 0 aliphatic heterocycles. The number of nitrogens with zero attached hydrogens (tertiary/aromatic N) is 1. The van der Waals surface area contributed by atoms with Crippen molar-refractivity contribution in [1.29, 1.82) is 0 Å². The Morgan fingerprint density at radius 2 is 1.83 bits per heavy atom. The van der Waals surface area contributed by atoms with Gasteiger partial charge in [-0.2, -0.15) is 0 Å². The highest BCUT2D eigenvalue weighted by atomic mass is 35.5. The summed E-state index contributed by atoms with van der Waals surface area (Å²) in [7, 11) is 1.57. The lowest BCUT2D eigenvalue weighted by Gasteiger charge is -2.23. The fraction of sp³-hybridized carbons (Fsp3) is 0.316. The van der Waals surface area contributed by atoms with Gasteiger partial charge in [0, 0.05) is 19.3 Å². The van der Waals surface area contributed by atoms with Crippen LogP contribution in [-0.2, 0) is 4.74 Å². The fourth-order valence-electron chi connectivity index (χ4n) is 2.29. The molecule has 2 rings (SSSR count). The van der Waals surface area contributed by atoms with E-state index in [1.165, 1.54) is 0 Å². The minimum Gasteiger partial charge on any atom is -0.468 e. The van der Waals surface area contributed by atoms with Crippen LogP contribution in [0.1, 0.15) is 30.1 Å². The van der Waals surface area contributed by atoms with E-state index >= 15 is 0 Å². The van der Waals surface area contributed by atoms with E-state index in [0.29, 0.717) is 22.9 Å². The summed E-state index contributed by atoms with van der Waals surface area (Å²) in [6.07, 6.45) is 1.92. The zero-order valence-corrected chi connectivity index (χ0v) is 14.8. The Hall–Kier alpha value is -2.04. The van der Waals surface area contributed by atoms with E-state index in [1.807, 2.05) is 36.4 Å². The third kappa shape index (κ3) is 4.73. The summed E-state index contributed by atoms with van der Waals surface area (Å²) in [6, 6.07) is 14.5. The number of halogens is 1. The molecule has 0 spiro atoms. The van der Waals surface area contributed by atoms with Gasteiger partial charge < -0.3 is 14.4 Å². The predicted octanol–water partition coefficient (Wildman–Crippen LogP) is 4.77. The van der Waals surface area contributed by atoms with E-state index in [9.17, 15) is 4.79 Å². The molecule has 0 aliphatic rings. The number of ether oxygens (including phenoxy) is 2. The second kappa shape index (κ2) is 9.30. The molecule has 0 bridgehead atoms. The van der Waals surface area contributed by atoms with Crippen molar-refractivity contribution in [3.8, 4) is 5.75 Å². The van der Waals surface area contributed by atoms with Crippen LogP contribution in [0.4, 0.5) is 5.69 Å². The van der Waals surface area contributed by atoms with Gasteiger partial charge in [-0.25, -0.2) is 0 Å². The molecule has 0 aromatic heterocycles. The SMILES string of the molecule is CCCCN(C(=O)c1ccccc1Cl)c1ccc(OCOC)cc1. The van der Waals surface area contributed by atoms with E-state index in [1.54, 1.807) is 24.1 Å². The maximum atomic E-state index is 12.9. The standard InChI is InChI=1S/C19H22ClNO3/c1-3-4-13-21(19(22)17-7-5-6-8-18(17)20)15-9-11-16(12-10-15)24-14-23-2/h5-12H,3-4,13-14H2,1-2H3. The number of hydrogen-bond acceptors (Lipinski definition) is 3. The number of hydrogen-bond donors (Lipinski definition) is 0. The van der Waals surface area contributed by atoms with Crippen LogP contribution in [0.15, 0.2) is 48.5 Å². The maximum absolute atomic E-state index is 12.9. The largest absolute Gasteiger partial charge is 0.468 e. The van der Waals surface area contributed by atoms with Gasteiger partial charge in [-0.1, -0.05) is 37.1 Å². The van der Waals surface area contributed by atoms with Crippen LogP contribution in [-0.4, -0.2) is 26.4 Å². The van der Waals surface area contributed by atoms with Crippen LogP contribution in [0.5, 0.6) is 5.75 Å². The summed E-state index contributed by atoms with van der Waals surface area (Å²) in [5.41, 5.74) is 1.33. The molecule has 0 heterocycles. The molecule has 0 saturated heterocycles. The minimum absolute atomic E-state index is 0.0976. The van der Waals surface area contributed by atoms with Crippen molar-refractivity contribution in [3.63, 3.8) is 0 Å². The molecule has 0 fully saturated rings. The zero-order chi connectivity index (χ0) is 17.4. The van der Waals surface area contributed by atoms with Gasteiger partial charge >= 0.3 is 0 Å². The highest BCUT2D eigenvalue weighted by molar-refractivity contribution is 6.34. The predicted molar refractivity (Wildman–Crippen MR) is 97.0 cm³/mol. The van der Waals surface area contributed by atoms with E-state index in [-0.39, 0.29) is 12.7 Å². The van der Waals surface area contributed by atoms with Gasteiger partial charge in [0.25, 0.3) is 5.91 Å². The Balaban J connectivity index is 2.24. The summed E-state index contributed by atoms with van der Waals surface area (Å²) in [5.74, 6) is 0.598. The van der Waals surface area contributed by atoms with Gasteiger partial charge in [-0.05, 0) is 42.8 Å².